The van der Waals surface area contributed by atoms with Gasteiger partial charge in [0.1, 0.15) is 0 Å². The van der Waals surface area contributed by atoms with Gasteiger partial charge in [-0.1, -0.05) is 11.8 Å². The molecule has 0 spiro atoms. The number of nitrogens with one attached hydrogen (secondary N) is 1. The van der Waals surface area contributed by atoms with Crippen molar-refractivity contribution in [2.45, 2.75) is 13.8 Å². The van der Waals surface area contributed by atoms with Crippen LogP contribution < -0.4 is 11.1 Å². The molecule has 0 fully saturated rings. The van der Waals surface area contributed by atoms with Crippen molar-refractivity contribution in [3.8, 4) is 11.8 Å². The molecule has 0 aliphatic rings. The molecule has 1 heterocycles. The van der Waals surface area contributed by atoms with Gasteiger partial charge in [0.25, 0.3) is 5.91 Å². The van der Waals surface area contributed by atoms with Gasteiger partial charge in [0.15, 0.2) is 0 Å². The van der Waals surface area contributed by atoms with E-state index in [1.807, 2.05) is 26.0 Å². The monoisotopic (exact) mass is 279 g/mol. The highest BCUT2D eigenvalue weighted by molar-refractivity contribution is 6.04. The highest BCUT2D eigenvalue weighted by Gasteiger charge is 2.09. The first kappa shape index (κ1) is 14.8. The Morgan fingerprint density at radius 2 is 2.14 bits per heavy atom. The Labute approximate surface area is 124 Å². The molecule has 0 atom stereocenters. The third kappa shape index (κ3) is 3.91. The first-order chi connectivity index (χ1) is 10.1. The second-order valence-corrected chi connectivity index (χ2v) is 4.74. The number of pyridine rings is 1. The molecule has 0 aliphatic heterocycles. The maximum atomic E-state index is 12.3. The average molecular weight is 279 g/mol. The van der Waals surface area contributed by atoms with E-state index in [4.69, 9.17) is 5.73 Å². The minimum absolute atomic E-state index is 0.163. The molecule has 4 heteroatoms. The number of amides is 1. The van der Waals surface area contributed by atoms with Crippen LogP contribution in [0, 0.1) is 25.7 Å². The van der Waals surface area contributed by atoms with Gasteiger partial charge in [0.05, 0.1) is 6.54 Å². The summed E-state index contributed by atoms with van der Waals surface area (Å²) in [6, 6.07) is 7.30. The van der Waals surface area contributed by atoms with Crippen LogP contribution in [0.25, 0.3) is 0 Å². The predicted molar refractivity (Wildman–Crippen MR) is 84.0 cm³/mol. The number of carbonyl (C=O) groups excluding carboxylic acids is 1. The summed E-state index contributed by atoms with van der Waals surface area (Å²) < 4.78 is 0. The third-order valence-corrected chi connectivity index (χ3v) is 2.94. The number of hydrogen-bond donors (Lipinski definition) is 2. The molecular weight excluding hydrogens is 262 g/mol. The van der Waals surface area contributed by atoms with Crippen molar-refractivity contribution in [2.75, 3.05) is 11.9 Å². The lowest BCUT2D eigenvalue weighted by molar-refractivity contribution is 0.102. The second-order valence-electron chi connectivity index (χ2n) is 4.74. The standard InChI is InChI=1S/C17H17N3O/c1-12-8-14(4-3-6-18)10-15(9-12)17(21)20-16-5-7-19-11-13(16)2/h5,7-11H,6,18H2,1-2H3,(H,19,20,21). The lowest BCUT2D eigenvalue weighted by Crippen LogP contribution is -2.13. The van der Waals surface area contributed by atoms with E-state index in [0.29, 0.717) is 12.1 Å². The first-order valence-electron chi connectivity index (χ1n) is 6.63. The Balaban J connectivity index is 2.27. The molecule has 0 unspecified atom stereocenters. The molecule has 1 amide bonds. The van der Waals surface area contributed by atoms with Crippen LogP contribution in [-0.2, 0) is 0 Å². The SMILES string of the molecule is Cc1cc(C#CCN)cc(C(=O)Nc2ccncc2C)c1. The second kappa shape index (κ2) is 6.69. The molecule has 0 aliphatic carbocycles. The van der Waals surface area contributed by atoms with Gasteiger partial charge in [0, 0.05) is 29.2 Å². The fraction of sp³-hybridized carbons (Fsp3) is 0.176. The number of rotatable bonds is 2. The lowest BCUT2D eigenvalue weighted by atomic mass is 10.1. The summed E-state index contributed by atoms with van der Waals surface area (Å²) in [6.45, 7) is 4.13. The quantitative estimate of drug-likeness (QED) is 0.829. The van der Waals surface area contributed by atoms with Gasteiger partial charge in [-0.15, -0.1) is 0 Å². The van der Waals surface area contributed by atoms with Crippen molar-refractivity contribution in [3.63, 3.8) is 0 Å². The number of nitrogens with two attached hydrogens (primary N) is 1. The average Bonchev–Trinajstić information content (AvgIpc) is 2.47. The van der Waals surface area contributed by atoms with E-state index in [1.165, 1.54) is 0 Å². The number of benzene rings is 1. The Bertz CT molecular complexity index is 726. The smallest absolute Gasteiger partial charge is 0.255 e. The number of aromatic nitrogens is 1. The van der Waals surface area contributed by atoms with E-state index >= 15 is 0 Å². The maximum Gasteiger partial charge on any atom is 0.255 e. The zero-order valence-corrected chi connectivity index (χ0v) is 12.1. The number of anilines is 1. The molecule has 2 rings (SSSR count). The molecule has 0 bridgehead atoms. The van der Waals surface area contributed by atoms with Gasteiger partial charge < -0.3 is 11.1 Å². The largest absolute Gasteiger partial charge is 0.322 e. The number of hydrogen-bond acceptors (Lipinski definition) is 3. The van der Waals surface area contributed by atoms with Crippen LogP contribution in [-0.4, -0.2) is 17.4 Å². The number of aryl methyl sites for hydroxylation is 2. The number of nitrogens with zero attached hydrogens (tertiary/aromatic N) is 1. The Morgan fingerprint density at radius 3 is 2.86 bits per heavy atom. The van der Waals surface area contributed by atoms with Crippen LogP contribution in [0.4, 0.5) is 5.69 Å². The van der Waals surface area contributed by atoms with Crippen LogP contribution in [0.15, 0.2) is 36.7 Å². The lowest BCUT2D eigenvalue weighted by Gasteiger charge is -2.08. The zero-order chi connectivity index (χ0) is 15.2. The summed E-state index contributed by atoms with van der Waals surface area (Å²) in [5.74, 6) is 5.58. The normalized spacial score (nSPS) is 9.67. The van der Waals surface area contributed by atoms with Crippen molar-refractivity contribution in [2.24, 2.45) is 5.73 Å². The Morgan fingerprint density at radius 1 is 1.33 bits per heavy atom. The summed E-state index contributed by atoms with van der Waals surface area (Å²) >= 11 is 0. The van der Waals surface area contributed by atoms with Gasteiger partial charge in [-0.25, -0.2) is 0 Å². The van der Waals surface area contributed by atoms with Gasteiger partial charge >= 0.3 is 0 Å². The fourth-order valence-electron chi connectivity index (χ4n) is 1.95. The van der Waals surface area contributed by atoms with Gasteiger partial charge in [-0.2, -0.15) is 0 Å². The Kier molecular flexibility index (Phi) is 4.70. The molecule has 0 radical (unpaired) electrons. The Hall–Kier alpha value is -2.64. The van der Waals surface area contributed by atoms with Crippen LogP contribution in [0.5, 0.6) is 0 Å². The molecule has 1 aromatic heterocycles. The molecule has 0 saturated heterocycles. The molecule has 2 aromatic rings. The van der Waals surface area contributed by atoms with E-state index in [2.05, 4.69) is 22.1 Å². The van der Waals surface area contributed by atoms with E-state index in [-0.39, 0.29) is 5.91 Å². The molecule has 0 saturated carbocycles. The maximum absolute atomic E-state index is 12.3. The highest BCUT2D eigenvalue weighted by Crippen LogP contribution is 2.15. The summed E-state index contributed by atoms with van der Waals surface area (Å²) in [5.41, 5.74) is 9.39. The third-order valence-electron chi connectivity index (χ3n) is 2.94. The summed E-state index contributed by atoms with van der Waals surface area (Å²) in [7, 11) is 0. The van der Waals surface area contributed by atoms with Gasteiger partial charge in [-0.05, 0) is 49.2 Å². The van der Waals surface area contributed by atoms with E-state index in [1.54, 1.807) is 24.5 Å². The van der Waals surface area contributed by atoms with Crippen molar-refractivity contribution >= 4 is 11.6 Å². The topological polar surface area (TPSA) is 68.0 Å². The van der Waals surface area contributed by atoms with Crippen molar-refractivity contribution < 1.29 is 4.79 Å². The summed E-state index contributed by atoms with van der Waals surface area (Å²) in [6.07, 6.45) is 3.36. The molecule has 1 aromatic carbocycles. The molecular formula is C17H17N3O. The van der Waals surface area contributed by atoms with Crippen LogP contribution in [0.2, 0.25) is 0 Å². The molecule has 3 N–H and O–H groups in total. The minimum atomic E-state index is -0.163. The molecule has 106 valence electrons. The minimum Gasteiger partial charge on any atom is -0.322 e. The van der Waals surface area contributed by atoms with Gasteiger partial charge in [0.2, 0.25) is 0 Å². The molecule has 21 heavy (non-hydrogen) atoms. The van der Waals surface area contributed by atoms with Crippen LogP contribution >= 0.6 is 0 Å². The van der Waals surface area contributed by atoms with E-state index in [0.717, 1.165) is 22.4 Å². The van der Waals surface area contributed by atoms with Crippen LogP contribution in [0.1, 0.15) is 27.0 Å². The van der Waals surface area contributed by atoms with Crippen LogP contribution in [0.3, 0.4) is 0 Å². The summed E-state index contributed by atoms with van der Waals surface area (Å²) in [5, 5.41) is 2.89. The van der Waals surface area contributed by atoms with Gasteiger partial charge in [-0.3, -0.25) is 9.78 Å². The van der Waals surface area contributed by atoms with Crippen molar-refractivity contribution in [1.29, 1.82) is 0 Å². The predicted octanol–water partition coefficient (Wildman–Crippen LogP) is 2.26. The van der Waals surface area contributed by atoms with Crippen molar-refractivity contribution in [1.82, 2.24) is 4.98 Å². The zero-order valence-electron chi connectivity index (χ0n) is 12.1. The van der Waals surface area contributed by atoms with E-state index < -0.39 is 0 Å². The number of carbonyl (C=O) groups is 1. The summed E-state index contributed by atoms with van der Waals surface area (Å²) in [4.78, 5) is 16.3. The fourth-order valence-corrected chi connectivity index (χ4v) is 1.95. The van der Waals surface area contributed by atoms with E-state index in [9.17, 15) is 4.79 Å². The first-order valence-corrected chi connectivity index (χ1v) is 6.63. The molecule has 4 nitrogen and oxygen atoms in total. The highest BCUT2D eigenvalue weighted by atomic mass is 16.1. The van der Waals surface area contributed by atoms with Crippen molar-refractivity contribution in [3.05, 3.63) is 58.9 Å².